The van der Waals surface area contributed by atoms with Crippen molar-refractivity contribution < 1.29 is 13.2 Å². The van der Waals surface area contributed by atoms with Crippen molar-refractivity contribution in [2.24, 2.45) is 0 Å². The lowest BCUT2D eigenvalue weighted by molar-refractivity contribution is -0.119. The highest BCUT2D eigenvalue weighted by Gasteiger charge is 2.20. The Morgan fingerprint density at radius 1 is 1.05 bits per heavy atom. The number of carbonyl (C=O) groups is 1. The zero-order chi connectivity index (χ0) is 16.2. The summed E-state index contributed by atoms with van der Waals surface area (Å²) >= 11 is 0. The van der Waals surface area contributed by atoms with Gasteiger partial charge in [-0.3, -0.25) is 9.10 Å². The zero-order valence-corrected chi connectivity index (χ0v) is 13.3. The van der Waals surface area contributed by atoms with Gasteiger partial charge in [-0.05, 0) is 29.8 Å². The van der Waals surface area contributed by atoms with Gasteiger partial charge in [0.15, 0.2) is 0 Å². The molecule has 6 heteroatoms. The van der Waals surface area contributed by atoms with E-state index in [0.717, 1.165) is 5.56 Å². The van der Waals surface area contributed by atoms with Crippen LogP contribution in [0.5, 0.6) is 0 Å². The molecule has 2 aromatic rings. The van der Waals surface area contributed by atoms with Crippen LogP contribution in [-0.2, 0) is 21.2 Å². The Hall–Kier alpha value is -2.34. The van der Waals surface area contributed by atoms with E-state index in [9.17, 15) is 13.2 Å². The molecule has 1 amide bonds. The second kappa shape index (κ2) is 6.62. The highest BCUT2D eigenvalue weighted by molar-refractivity contribution is 7.92. The van der Waals surface area contributed by atoms with Gasteiger partial charge in [-0.25, -0.2) is 8.42 Å². The third kappa shape index (κ3) is 3.46. The van der Waals surface area contributed by atoms with Crippen molar-refractivity contribution in [1.82, 2.24) is 5.32 Å². The van der Waals surface area contributed by atoms with Crippen LogP contribution in [0.25, 0.3) is 0 Å². The van der Waals surface area contributed by atoms with Crippen LogP contribution in [-0.4, -0.2) is 28.4 Å². The van der Waals surface area contributed by atoms with E-state index in [-0.39, 0.29) is 17.2 Å². The predicted octanol–water partition coefficient (Wildman–Crippen LogP) is 1.80. The normalized spacial score (nSPS) is 11.0. The number of benzene rings is 2. The summed E-state index contributed by atoms with van der Waals surface area (Å²) in [6.45, 7) is 0. The fourth-order valence-electron chi connectivity index (χ4n) is 1.99. The van der Waals surface area contributed by atoms with Gasteiger partial charge in [-0.2, -0.15) is 0 Å². The first-order valence-corrected chi connectivity index (χ1v) is 8.22. The summed E-state index contributed by atoms with van der Waals surface area (Å²) < 4.78 is 26.2. The summed E-state index contributed by atoms with van der Waals surface area (Å²) in [5.41, 5.74) is 1.37. The monoisotopic (exact) mass is 318 g/mol. The number of rotatable bonds is 5. The molecule has 2 aromatic carbocycles. The highest BCUT2D eigenvalue weighted by Crippen LogP contribution is 2.22. The number of hydrogen-bond donors (Lipinski definition) is 1. The maximum Gasteiger partial charge on any atom is 0.264 e. The van der Waals surface area contributed by atoms with E-state index < -0.39 is 10.0 Å². The summed E-state index contributed by atoms with van der Waals surface area (Å²) in [5.74, 6) is -0.0852. The molecular formula is C16H18N2O3S. The van der Waals surface area contributed by atoms with Crippen molar-refractivity contribution in [3.63, 3.8) is 0 Å². The third-order valence-corrected chi connectivity index (χ3v) is 5.14. The Morgan fingerprint density at radius 3 is 2.18 bits per heavy atom. The molecule has 0 aliphatic carbocycles. The van der Waals surface area contributed by atoms with Crippen LogP contribution in [0.4, 0.5) is 5.69 Å². The van der Waals surface area contributed by atoms with Gasteiger partial charge in [0.2, 0.25) is 5.91 Å². The number of carbonyl (C=O) groups excluding carboxylic acids is 1. The molecule has 2 rings (SSSR count). The van der Waals surface area contributed by atoms with Gasteiger partial charge in [0.05, 0.1) is 17.0 Å². The predicted molar refractivity (Wildman–Crippen MR) is 86.2 cm³/mol. The summed E-state index contributed by atoms with van der Waals surface area (Å²) in [4.78, 5) is 11.6. The summed E-state index contributed by atoms with van der Waals surface area (Å²) in [6, 6.07) is 15.2. The number of anilines is 1. The summed E-state index contributed by atoms with van der Waals surface area (Å²) in [5, 5.41) is 2.55. The molecular weight excluding hydrogens is 300 g/mol. The van der Waals surface area contributed by atoms with E-state index in [2.05, 4.69) is 5.32 Å². The van der Waals surface area contributed by atoms with Gasteiger partial charge in [-0.15, -0.1) is 0 Å². The molecule has 0 radical (unpaired) electrons. The molecule has 1 N–H and O–H groups in total. The maximum absolute atomic E-state index is 12.5. The van der Waals surface area contributed by atoms with E-state index >= 15 is 0 Å². The number of amides is 1. The van der Waals surface area contributed by atoms with E-state index in [1.807, 2.05) is 0 Å². The zero-order valence-electron chi connectivity index (χ0n) is 12.5. The van der Waals surface area contributed by atoms with Crippen molar-refractivity contribution in [3.05, 3.63) is 60.2 Å². The third-order valence-electron chi connectivity index (χ3n) is 3.35. The van der Waals surface area contributed by atoms with Crippen LogP contribution in [0.1, 0.15) is 5.56 Å². The molecule has 116 valence electrons. The lowest BCUT2D eigenvalue weighted by Crippen LogP contribution is -2.26. The van der Waals surface area contributed by atoms with Gasteiger partial charge in [-0.1, -0.05) is 30.3 Å². The van der Waals surface area contributed by atoms with Crippen LogP contribution in [0.2, 0.25) is 0 Å². The first kappa shape index (κ1) is 16.0. The topological polar surface area (TPSA) is 66.5 Å². The van der Waals surface area contributed by atoms with Crippen molar-refractivity contribution >= 4 is 21.6 Å². The van der Waals surface area contributed by atoms with Gasteiger partial charge >= 0.3 is 0 Å². The Bertz CT molecular complexity index is 741. The quantitative estimate of drug-likeness (QED) is 0.914. The van der Waals surface area contributed by atoms with Crippen LogP contribution in [0.3, 0.4) is 0 Å². The molecule has 0 aromatic heterocycles. The smallest absolute Gasteiger partial charge is 0.264 e. The van der Waals surface area contributed by atoms with Crippen molar-refractivity contribution in [1.29, 1.82) is 0 Å². The fraction of sp³-hybridized carbons (Fsp3) is 0.188. The number of sulfonamides is 1. The number of likely N-dealkylation sites (N-methyl/N-ethyl adjacent to an activating group) is 1. The Kier molecular flexibility index (Phi) is 4.82. The fourth-order valence-corrected chi connectivity index (χ4v) is 3.20. The summed E-state index contributed by atoms with van der Waals surface area (Å²) in [6.07, 6.45) is 0.270. The standard InChI is InChI=1S/C16H18N2O3S/c1-17-16(19)12-13-8-10-14(11-9-13)18(2)22(20,21)15-6-4-3-5-7-15/h3-11H,12H2,1-2H3,(H,17,19). The molecule has 5 nitrogen and oxygen atoms in total. The molecule has 0 unspecified atom stereocenters. The van der Waals surface area contributed by atoms with E-state index in [1.54, 1.807) is 61.6 Å². The Morgan fingerprint density at radius 2 is 1.64 bits per heavy atom. The Balaban J connectivity index is 2.23. The maximum atomic E-state index is 12.5. The molecule has 0 bridgehead atoms. The molecule has 0 aliphatic rings. The molecule has 0 atom stereocenters. The second-order valence-corrected chi connectivity index (χ2v) is 6.77. The minimum Gasteiger partial charge on any atom is -0.359 e. The molecule has 0 aliphatic heterocycles. The molecule has 0 saturated heterocycles. The number of hydrogen-bond acceptors (Lipinski definition) is 3. The molecule has 0 heterocycles. The average Bonchev–Trinajstić information content (AvgIpc) is 2.55. The van der Waals surface area contributed by atoms with E-state index in [1.165, 1.54) is 11.4 Å². The largest absolute Gasteiger partial charge is 0.359 e. The van der Waals surface area contributed by atoms with Gasteiger partial charge < -0.3 is 5.32 Å². The highest BCUT2D eigenvalue weighted by atomic mass is 32.2. The van der Waals surface area contributed by atoms with Crippen LogP contribution < -0.4 is 9.62 Å². The van der Waals surface area contributed by atoms with Gasteiger partial charge in [0.1, 0.15) is 0 Å². The minimum atomic E-state index is -3.58. The lowest BCUT2D eigenvalue weighted by Gasteiger charge is -2.19. The second-order valence-electron chi connectivity index (χ2n) is 4.80. The molecule has 22 heavy (non-hydrogen) atoms. The molecule has 0 fully saturated rings. The van der Waals surface area contributed by atoms with Gasteiger partial charge in [0, 0.05) is 14.1 Å². The average molecular weight is 318 g/mol. The first-order chi connectivity index (χ1) is 10.4. The lowest BCUT2D eigenvalue weighted by atomic mass is 10.1. The number of nitrogens with zero attached hydrogens (tertiary/aromatic N) is 1. The minimum absolute atomic E-state index is 0.0852. The van der Waals surface area contributed by atoms with Gasteiger partial charge in [0.25, 0.3) is 10.0 Å². The Labute approximate surface area is 130 Å². The van der Waals surface area contributed by atoms with Crippen LogP contribution >= 0.6 is 0 Å². The SMILES string of the molecule is CNC(=O)Cc1ccc(N(C)S(=O)(=O)c2ccccc2)cc1. The first-order valence-electron chi connectivity index (χ1n) is 6.78. The van der Waals surface area contributed by atoms with Crippen molar-refractivity contribution in [2.45, 2.75) is 11.3 Å². The van der Waals surface area contributed by atoms with Crippen LogP contribution in [0.15, 0.2) is 59.5 Å². The molecule has 0 saturated carbocycles. The van der Waals surface area contributed by atoms with Crippen LogP contribution in [0, 0.1) is 0 Å². The number of nitrogens with one attached hydrogen (secondary N) is 1. The summed E-state index contributed by atoms with van der Waals surface area (Å²) in [7, 11) is -0.488. The van der Waals surface area contributed by atoms with E-state index in [4.69, 9.17) is 0 Å². The van der Waals surface area contributed by atoms with Crippen molar-refractivity contribution in [3.8, 4) is 0 Å². The molecule has 0 spiro atoms. The van der Waals surface area contributed by atoms with E-state index in [0.29, 0.717) is 5.69 Å². The van der Waals surface area contributed by atoms with Crippen molar-refractivity contribution in [2.75, 3.05) is 18.4 Å².